The molecule has 322 valence electrons. The van der Waals surface area contributed by atoms with Crippen LogP contribution in [0, 0.1) is 0 Å². The predicted octanol–water partition coefficient (Wildman–Crippen LogP) is 17.7. The number of anilines is 6. The maximum absolute atomic E-state index is 6.86. The molecule has 0 spiro atoms. The van der Waals surface area contributed by atoms with Crippen LogP contribution in [0.3, 0.4) is 0 Å². The van der Waals surface area contributed by atoms with E-state index in [1.54, 1.807) is 0 Å². The van der Waals surface area contributed by atoms with Crippen molar-refractivity contribution in [1.29, 1.82) is 0 Å². The second-order valence-corrected chi connectivity index (χ2v) is 17.8. The van der Waals surface area contributed by atoms with E-state index in [1.807, 2.05) is 60.9 Å². The average molecular weight is 885 g/mol. The number of aromatic nitrogens is 2. The van der Waals surface area contributed by atoms with Gasteiger partial charge in [0, 0.05) is 80.4 Å². The summed E-state index contributed by atoms with van der Waals surface area (Å²) in [5.74, 6) is 1.41. The smallest absolute Gasteiger partial charge is 0.141 e. The zero-order valence-electron chi connectivity index (χ0n) is 36.8. The molecule has 0 amide bonds. The van der Waals surface area contributed by atoms with Gasteiger partial charge in [0.05, 0.1) is 11.4 Å². The molecule has 69 heavy (non-hydrogen) atoms. The van der Waals surface area contributed by atoms with Crippen molar-refractivity contribution >= 4 is 143 Å². The molecule has 0 aliphatic heterocycles. The zero-order valence-corrected chi connectivity index (χ0v) is 36.8. The predicted molar refractivity (Wildman–Crippen MR) is 283 cm³/mol. The summed E-state index contributed by atoms with van der Waals surface area (Å²) in [5, 5.41) is 15.5. The van der Waals surface area contributed by atoms with Gasteiger partial charge in [-0.2, -0.15) is 0 Å². The van der Waals surface area contributed by atoms with E-state index in [0.29, 0.717) is 22.8 Å². The van der Waals surface area contributed by atoms with Gasteiger partial charge in [-0.3, -0.25) is 9.80 Å². The fraction of sp³-hybridized carbons (Fsp3) is 0. The molecule has 5 heterocycles. The van der Waals surface area contributed by atoms with Gasteiger partial charge < -0.3 is 13.3 Å². The van der Waals surface area contributed by atoms with Crippen LogP contribution in [0.25, 0.3) is 109 Å². The Hall–Kier alpha value is -9.46. The summed E-state index contributed by atoms with van der Waals surface area (Å²) in [6, 6.07) is 72.2. The van der Waals surface area contributed by atoms with Crippen LogP contribution in [0.2, 0.25) is 0 Å². The minimum absolute atomic E-state index is 0.698. The number of nitrogens with zero attached hydrogens (tertiary/aromatic N) is 4. The maximum Gasteiger partial charge on any atom is 0.141 e. The molecule has 10 aromatic carbocycles. The first-order valence-corrected chi connectivity index (χ1v) is 23.1. The highest BCUT2D eigenvalue weighted by atomic mass is 16.3. The van der Waals surface area contributed by atoms with Gasteiger partial charge in [0.15, 0.2) is 0 Å². The molecule has 15 rings (SSSR count). The standard InChI is InChI=1S/C62H36N4O3/c1-3-11-45-37(9-1)17-19-39-29-41(21-25-47(39)45)65(43-23-27-51-49-13-5-7-15-55(49)67-57(51)31-43)61-33-59-53(35-63-61)54-36-64-62(34-60(54)69-59)66(44-24-28-52-50-14-6-8-16-56(50)68-58(52)32-44)42-22-26-48-40(30-42)20-18-38-10-2-4-12-46(38)48/h1-36H. The fourth-order valence-electron chi connectivity index (χ4n) is 10.6. The molecule has 0 fully saturated rings. The Kier molecular flexibility index (Phi) is 7.94. The zero-order chi connectivity index (χ0) is 45.2. The number of furan rings is 3. The van der Waals surface area contributed by atoms with Crippen LogP contribution in [0.1, 0.15) is 0 Å². The maximum atomic E-state index is 6.86. The monoisotopic (exact) mass is 884 g/mol. The molecule has 7 nitrogen and oxygen atoms in total. The highest BCUT2D eigenvalue weighted by Crippen LogP contribution is 2.44. The molecule has 0 radical (unpaired) electrons. The van der Waals surface area contributed by atoms with Gasteiger partial charge in [0.25, 0.3) is 0 Å². The van der Waals surface area contributed by atoms with Crippen molar-refractivity contribution < 1.29 is 13.3 Å². The van der Waals surface area contributed by atoms with Crippen LogP contribution in [0.4, 0.5) is 34.4 Å². The molecule has 15 aromatic rings. The molecule has 0 N–H and O–H groups in total. The lowest BCUT2D eigenvalue weighted by Crippen LogP contribution is -2.11. The first-order valence-electron chi connectivity index (χ1n) is 23.1. The van der Waals surface area contributed by atoms with Crippen LogP contribution in [0.5, 0.6) is 0 Å². The summed E-state index contributed by atoms with van der Waals surface area (Å²) >= 11 is 0. The highest BCUT2D eigenvalue weighted by Gasteiger charge is 2.22. The van der Waals surface area contributed by atoms with Crippen molar-refractivity contribution in [3.05, 3.63) is 219 Å². The van der Waals surface area contributed by atoms with Crippen molar-refractivity contribution in [1.82, 2.24) is 9.97 Å². The summed E-state index contributed by atoms with van der Waals surface area (Å²) in [4.78, 5) is 14.7. The number of para-hydroxylation sites is 2. The van der Waals surface area contributed by atoms with E-state index in [4.69, 9.17) is 23.2 Å². The van der Waals surface area contributed by atoms with E-state index in [-0.39, 0.29) is 0 Å². The Morgan fingerprint density at radius 1 is 0.246 bits per heavy atom. The lowest BCUT2D eigenvalue weighted by molar-refractivity contribution is 0.668. The van der Waals surface area contributed by atoms with Gasteiger partial charge in [0.1, 0.15) is 45.1 Å². The molecule has 0 saturated heterocycles. The summed E-state index contributed by atoms with van der Waals surface area (Å²) in [7, 11) is 0. The van der Waals surface area contributed by atoms with Crippen LogP contribution < -0.4 is 9.80 Å². The number of pyridine rings is 2. The minimum atomic E-state index is 0.698. The lowest BCUT2D eigenvalue weighted by Gasteiger charge is -2.24. The highest BCUT2D eigenvalue weighted by molar-refractivity contribution is 6.12. The molecule has 0 saturated carbocycles. The first kappa shape index (κ1) is 37.7. The van der Waals surface area contributed by atoms with Crippen molar-refractivity contribution in [3.63, 3.8) is 0 Å². The Bertz CT molecular complexity index is 4310. The number of hydrogen-bond acceptors (Lipinski definition) is 7. The molecule has 0 unspecified atom stereocenters. The third kappa shape index (κ3) is 5.87. The van der Waals surface area contributed by atoms with Gasteiger partial charge in [0.2, 0.25) is 0 Å². The van der Waals surface area contributed by atoms with Gasteiger partial charge in [-0.25, -0.2) is 9.97 Å². The first-order chi connectivity index (χ1) is 34.1. The molecule has 5 aromatic heterocycles. The van der Waals surface area contributed by atoms with Crippen LogP contribution in [-0.4, -0.2) is 9.97 Å². The second-order valence-electron chi connectivity index (χ2n) is 17.8. The van der Waals surface area contributed by atoms with Crippen LogP contribution in [0.15, 0.2) is 232 Å². The van der Waals surface area contributed by atoms with E-state index in [9.17, 15) is 0 Å². The summed E-state index contributed by atoms with van der Waals surface area (Å²) in [6.07, 6.45) is 3.81. The Balaban J connectivity index is 0.888. The minimum Gasteiger partial charge on any atom is -0.456 e. The Morgan fingerprint density at radius 2 is 0.580 bits per heavy atom. The van der Waals surface area contributed by atoms with Gasteiger partial charge >= 0.3 is 0 Å². The number of fused-ring (bicyclic) bond motifs is 15. The molecule has 0 bridgehead atoms. The topological polar surface area (TPSA) is 71.7 Å². The fourth-order valence-corrected chi connectivity index (χ4v) is 10.6. The van der Waals surface area contributed by atoms with Gasteiger partial charge in [-0.15, -0.1) is 0 Å². The summed E-state index contributed by atoms with van der Waals surface area (Å²) < 4.78 is 19.7. The molecule has 7 heteroatoms. The molecule has 0 aliphatic carbocycles. The molecule has 0 atom stereocenters. The van der Waals surface area contributed by atoms with Crippen molar-refractivity contribution in [3.8, 4) is 0 Å². The number of benzene rings is 10. The largest absolute Gasteiger partial charge is 0.456 e. The normalized spacial score (nSPS) is 12.1. The second kappa shape index (κ2) is 14.5. The molecular formula is C62H36N4O3. The Morgan fingerprint density at radius 3 is 1.06 bits per heavy atom. The van der Waals surface area contributed by atoms with E-state index >= 15 is 0 Å². The quantitative estimate of drug-likeness (QED) is 0.154. The summed E-state index contributed by atoms with van der Waals surface area (Å²) in [5.41, 5.74) is 8.45. The van der Waals surface area contributed by atoms with Crippen LogP contribution in [-0.2, 0) is 0 Å². The van der Waals surface area contributed by atoms with Gasteiger partial charge in [-0.1, -0.05) is 121 Å². The van der Waals surface area contributed by atoms with E-state index in [2.05, 4.69) is 168 Å². The van der Waals surface area contributed by atoms with Crippen molar-refractivity contribution in [2.75, 3.05) is 9.80 Å². The third-order valence-corrected chi connectivity index (χ3v) is 13.9. The van der Waals surface area contributed by atoms with E-state index < -0.39 is 0 Å². The molecular weight excluding hydrogens is 849 g/mol. The third-order valence-electron chi connectivity index (χ3n) is 13.9. The van der Waals surface area contributed by atoms with Gasteiger partial charge in [-0.05, 0) is 104 Å². The summed E-state index contributed by atoms with van der Waals surface area (Å²) in [6.45, 7) is 0. The van der Waals surface area contributed by atoms with Crippen LogP contribution >= 0.6 is 0 Å². The van der Waals surface area contributed by atoms with E-state index in [0.717, 1.165) is 88.2 Å². The Labute approximate surface area is 393 Å². The van der Waals surface area contributed by atoms with Crippen molar-refractivity contribution in [2.24, 2.45) is 0 Å². The van der Waals surface area contributed by atoms with Crippen molar-refractivity contribution in [2.45, 2.75) is 0 Å². The molecule has 0 aliphatic rings. The average Bonchev–Trinajstić information content (AvgIpc) is 4.09. The van der Waals surface area contributed by atoms with E-state index in [1.165, 1.54) is 32.3 Å². The number of hydrogen-bond donors (Lipinski definition) is 0. The SMILES string of the molecule is c1ccc2c(c1)ccc1cc(N(c3ccc4c(c3)oc3ccccc34)c3cc4oc5cc(N(c6ccc7c(ccc8ccccc87)c6)c6ccc7c(c6)oc6ccccc67)ncc5c4cn3)ccc12. The lowest BCUT2D eigenvalue weighted by atomic mass is 10.0. The number of rotatable bonds is 6.